The summed E-state index contributed by atoms with van der Waals surface area (Å²) in [7, 11) is 0. The van der Waals surface area contributed by atoms with Gasteiger partial charge in [0.25, 0.3) is 5.91 Å². The molecular weight excluding hydrogens is 404 g/mol. The SMILES string of the molecule is CC(O)C(CCc1cccc2nc(-c3ccc(Cl)cc3)oc12)n1cnc(C(N)=O)c1. The molecule has 154 valence electrons. The number of amides is 1. The van der Waals surface area contributed by atoms with Crippen molar-refractivity contribution in [2.45, 2.75) is 31.9 Å². The van der Waals surface area contributed by atoms with Crippen molar-refractivity contribution in [3.8, 4) is 11.5 Å². The maximum atomic E-state index is 11.3. The maximum absolute atomic E-state index is 11.3. The number of oxazole rings is 1. The number of aliphatic hydroxyl groups is 1. The second kappa shape index (κ2) is 8.30. The molecule has 1 amide bonds. The molecule has 2 aromatic heterocycles. The number of hydrogen-bond acceptors (Lipinski definition) is 5. The van der Waals surface area contributed by atoms with Gasteiger partial charge in [-0.05, 0) is 55.7 Å². The second-order valence-corrected chi connectivity index (χ2v) is 7.64. The Morgan fingerprint density at radius 2 is 2.03 bits per heavy atom. The van der Waals surface area contributed by atoms with Crippen LogP contribution in [0.1, 0.15) is 35.4 Å². The number of rotatable bonds is 7. The Balaban J connectivity index is 1.59. The van der Waals surface area contributed by atoms with Crippen LogP contribution in [0.15, 0.2) is 59.4 Å². The molecule has 7 nitrogen and oxygen atoms in total. The highest BCUT2D eigenvalue weighted by atomic mass is 35.5. The molecule has 3 N–H and O–H groups in total. The fraction of sp³-hybridized carbons (Fsp3) is 0.227. The van der Waals surface area contributed by atoms with Crippen molar-refractivity contribution in [2.75, 3.05) is 0 Å². The number of nitrogens with two attached hydrogens (primary N) is 1. The van der Waals surface area contributed by atoms with Crippen LogP contribution in [0.25, 0.3) is 22.6 Å². The minimum absolute atomic E-state index is 0.172. The van der Waals surface area contributed by atoms with E-state index in [0.29, 0.717) is 23.8 Å². The van der Waals surface area contributed by atoms with E-state index in [1.54, 1.807) is 29.8 Å². The van der Waals surface area contributed by atoms with E-state index >= 15 is 0 Å². The van der Waals surface area contributed by atoms with E-state index in [0.717, 1.165) is 22.2 Å². The van der Waals surface area contributed by atoms with E-state index in [4.69, 9.17) is 21.8 Å². The predicted molar refractivity (Wildman–Crippen MR) is 114 cm³/mol. The lowest BCUT2D eigenvalue weighted by molar-refractivity contribution is 0.0994. The number of aromatic nitrogens is 3. The number of primary amides is 1. The first-order chi connectivity index (χ1) is 14.4. The standard InChI is InChI=1S/C22H21ClN4O3/c1-13(28)19(27-11-18(21(24)29)25-12-27)10-7-14-3-2-4-17-20(14)30-22(26-17)15-5-8-16(23)9-6-15/h2-6,8-9,11-13,19,28H,7,10H2,1H3,(H2,24,29). The van der Waals surface area contributed by atoms with Crippen LogP contribution in [0.5, 0.6) is 0 Å². The van der Waals surface area contributed by atoms with Crippen LogP contribution in [-0.4, -0.2) is 31.7 Å². The van der Waals surface area contributed by atoms with E-state index in [2.05, 4.69) is 9.97 Å². The number of hydrogen-bond donors (Lipinski definition) is 2. The Morgan fingerprint density at radius 1 is 1.27 bits per heavy atom. The molecule has 8 heteroatoms. The van der Waals surface area contributed by atoms with E-state index in [9.17, 15) is 9.90 Å². The average molecular weight is 425 g/mol. The minimum Gasteiger partial charge on any atom is -0.436 e. The van der Waals surface area contributed by atoms with Crippen molar-refractivity contribution in [3.05, 3.63) is 71.3 Å². The van der Waals surface area contributed by atoms with Gasteiger partial charge < -0.3 is 19.8 Å². The molecule has 2 aromatic carbocycles. The highest BCUT2D eigenvalue weighted by Crippen LogP contribution is 2.29. The number of fused-ring (bicyclic) bond motifs is 1. The second-order valence-electron chi connectivity index (χ2n) is 7.21. The summed E-state index contributed by atoms with van der Waals surface area (Å²) in [4.78, 5) is 19.9. The predicted octanol–water partition coefficient (Wildman–Crippen LogP) is 4.00. The van der Waals surface area contributed by atoms with Gasteiger partial charge in [0, 0.05) is 16.8 Å². The van der Waals surface area contributed by atoms with Crippen molar-refractivity contribution >= 4 is 28.6 Å². The van der Waals surface area contributed by atoms with Gasteiger partial charge in [0.2, 0.25) is 5.89 Å². The molecule has 0 radical (unpaired) electrons. The lowest BCUT2D eigenvalue weighted by Crippen LogP contribution is -2.21. The third-order valence-corrected chi connectivity index (χ3v) is 5.34. The van der Waals surface area contributed by atoms with Crippen molar-refractivity contribution < 1.29 is 14.3 Å². The van der Waals surface area contributed by atoms with Crippen LogP contribution in [0.4, 0.5) is 0 Å². The summed E-state index contributed by atoms with van der Waals surface area (Å²) in [6.07, 6.45) is 3.70. The van der Waals surface area contributed by atoms with Gasteiger partial charge in [0.1, 0.15) is 11.2 Å². The normalized spacial score (nSPS) is 13.4. The smallest absolute Gasteiger partial charge is 0.268 e. The molecule has 0 spiro atoms. The molecule has 2 heterocycles. The number of carbonyl (C=O) groups excluding carboxylic acids is 1. The van der Waals surface area contributed by atoms with Gasteiger partial charge in [0.05, 0.1) is 18.5 Å². The summed E-state index contributed by atoms with van der Waals surface area (Å²) in [5.74, 6) is -0.0684. The van der Waals surface area contributed by atoms with Crippen LogP contribution in [0.3, 0.4) is 0 Å². The van der Waals surface area contributed by atoms with E-state index < -0.39 is 12.0 Å². The number of nitrogens with zero attached hydrogens (tertiary/aromatic N) is 3. The number of benzene rings is 2. The molecule has 2 unspecified atom stereocenters. The summed E-state index contributed by atoms with van der Waals surface area (Å²) in [6.45, 7) is 1.71. The van der Waals surface area contributed by atoms with Gasteiger partial charge in [-0.2, -0.15) is 0 Å². The van der Waals surface area contributed by atoms with Gasteiger partial charge in [-0.1, -0.05) is 23.7 Å². The van der Waals surface area contributed by atoms with Crippen molar-refractivity contribution in [1.29, 1.82) is 0 Å². The zero-order chi connectivity index (χ0) is 21.3. The fourth-order valence-electron chi connectivity index (χ4n) is 3.51. The first-order valence-corrected chi connectivity index (χ1v) is 9.96. The van der Waals surface area contributed by atoms with Crippen molar-refractivity contribution in [2.24, 2.45) is 5.73 Å². The summed E-state index contributed by atoms with van der Waals surface area (Å²) in [5.41, 5.74) is 8.78. The molecule has 0 aliphatic rings. The summed E-state index contributed by atoms with van der Waals surface area (Å²) in [6, 6.07) is 12.9. The largest absolute Gasteiger partial charge is 0.436 e. The Morgan fingerprint density at radius 3 is 2.70 bits per heavy atom. The maximum Gasteiger partial charge on any atom is 0.268 e. The third kappa shape index (κ3) is 4.08. The molecule has 2 atom stereocenters. The van der Waals surface area contributed by atoms with Crippen LogP contribution >= 0.6 is 11.6 Å². The number of carbonyl (C=O) groups is 1. The summed E-state index contributed by atoms with van der Waals surface area (Å²) >= 11 is 5.97. The van der Waals surface area contributed by atoms with Crippen LogP contribution in [0, 0.1) is 0 Å². The minimum atomic E-state index is -0.640. The quantitative estimate of drug-likeness (QED) is 0.466. The molecule has 4 rings (SSSR count). The molecule has 30 heavy (non-hydrogen) atoms. The number of aryl methyl sites for hydroxylation is 1. The molecule has 0 bridgehead atoms. The summed E-state index contributed by atoms with van der Waals surface area (Å²) in [5, 5.41) is 10.9. The Hall–Kier alpha value is -3.16. The van der Waals surface area contributed by atoms with E-state index in [1.165, 1.54) is 6.33 Å². The first-order valence-electron chi connectivity index (χ1n) is 9.58. The highest BCUT2D eigenvalue weighted by molar-refractivity contribution is 6.30. The number of aliphatic hydroxyl groups excluding tert-OH is 1. The molecule has 0 aliphatic carbocycles. The Labute approximate surface area is 178 Å². The zero-order valence-corrected chi connectivity index (χ0v) is 17.1. The first kappa shape index (κ1) is 20.1. The lowest BCUT2D eigenvalue weighted by Gasteiger charge is -2.21. The zero-order valence-electron chi connectivity index (χ0n) is 16.3. The van der Waals surface area contributed by atoms with Gasteiger partial charge in [-0.25, -0.2) is 9.97 Å². The van der Waals surface area contributed by atoms with Crippen LogP contribution in [0.2, 0.25) is 5.02 Å². The molecule has 0 saturated heterocycles. The van der Waals surface area contributed by atoms with Crippen LogP contribution in [-0.2, 0) is 6.42 Å². The average Bonchev–Trinajstić information content (AvgIpc) is 3.36. The van der Waals surface area contributed by atoms with Gasteiger partial charge >= 0.3 is 0 Å². The molecule has 0 aliphatic heterocycles. The topological polar surface area (TPSA) is 107 Å². The monoisotopic (exact) mass is 424 g/mol. The van der Waals surface area contributed by atoms with Gasteiger partial charge in [-0.15, -0.1) is 0 Å². The number of imidazole rings is 1. The third-order valence-electron chi connectivity index (χ3n) is 5.09. The molecule has 4 aromatic rings. The van der Waals surface area contributed by atoms with Crippen molar-refractivity contribution in [3.63, 3.8) is 0 Å². The summed E-state index contributed by atoms with van der Waals surface area (Å²) < 4.78 is 7.79. The Kier molecular flexibility index (Phi) is 5.57. The Bertz CT molecular complexity index is 1180. The van der Waals surface area contributed by atoms with E-state index in [1.807, 2.05) is 30.3 Å². The lowest BCUT2D eigenvalue weighted by atomic mass is 10.0. The van der Waals surface area contributed by atoms with Crippen LogP contribution < -0.4 is 5.73 Å². The van der Waals surface area contributed by atoms with Gasteiger partial charge in [0.15, 0.2) is 5.58 Å². The molecule has 0 fully saturated rings. The van der Waals surface area contributed by atoms with Gasteiger partial charge in [-0.3, -0.25) is 4.79 Å². The number of halogens is 1. The van der Waals surface area contributed by atoms with Crippen molar-refractivity contribution in [1.82, 2.24) is 14.5 Å². The molecular formula is C22H21ClN4O3. The molecule has 0 saturated carbocycles. The number of para-hydroxylation sites is 1. The van der Waals surface area contributed by atoms with E-state index in [-0.39, 0.29) is 11.7 Å². The fourth-order valence-corrected chi connectivity index (χ4v) is 3.63. The highest BCUT2D eigenvalue weighted by Gasteiger charge is 2.20.